The zero-order chi connectivity index (χ0) is 13.2. The zero-order valence-corrected chi connectivity index (χ0v) is 11.7. The van der Waals surface area contributed by atoms with Crippen molar-refractivity contribution < 1.29 is 13.2 Å². The molecule has 1 aliphatic heterocycles. The monoisotopic (exact) mass is 274 g/mol. The van der Waals surface area contributed by atoms with Crippen LogP contribution < -0.4 is 5.32 Å². The van der Waals surface area contributed by atoms with Crippen molar-refractivity contribution in [1.82, 2.24) is 9.62 Å². The summed E-state index contributed by atoms with van der Waals surface area (Å²) in [5.74, 6) is 0.305. The van der Waals surface area contributed by atoms with Gasteiger partial charge in [-0.3, -0.25) is 4.79 Å². The number of hydrogen-bond donors (Lipinski definition) is 1. The average Bonchev–Trinajstić information content (AvgIpc) is 2.33. The Kier molecular flexibility index (Phi) is 4.27. The summed E-state index contributed by atoms with van der Waals surface area (Å²) < 4.78 is 26.1. The third-order valence-electron chi connectivity index (χ3n) is 3.97. The van der Waals surface area contributed by atoms with Crippen LogP contribution in [0.25, 0.3) is 0 Å². The molecule has 0 bridgehead atoms. The average molecular weight is 274 g/mol. The number of hydrogen-bond acceptors (Lipinski definition) is 3. The van der Waals surface area contributed by atoms with E-state index in [1.54, 1.807) is 6.92 Å². The number of carbonyl (C=O) groups is 1. The van der Waals surface area contributed by atoms with Crippen molar-refractivity contribution in [1.29, 1.82) is 0 Å². The Labute approximate surface area is 109 Å². The molecular weight excluding hydrogens is 252 g/mol. The van der Waals surface area contributed by atoms with Gasteiger partial charge in [-0.25, -0.2) is 8.42 Å². The van der Waals surface area contributed by atoms with E-state index in [1.807, 2.05) is 0 Å². The van der Waals surface area contributed by atoms with Gasteiger partial charge in [-0.2, -0.15) is 4.31 Å². The summed E-state index contributed by atoms with van der Waals surface area (Å²) in [6.45, 7) is 2.49. The molecule has 1 saturated carbocycles. The first-order valence-corrected chi connectivity index (χ1v) is 8.39. The Hall–Kier alpha value is -0.620. The molecule has 0 aromatic rings. The van der Waals surface area contributed by atoms with Gasteiger partial charge in [0.05, 0.1) is 5.75 Å². The maximum Gasteiger partial charge on any atom is 0.238 e. The van der Waals surface area contributed by atoms with Crippen molar-refractivity contribution in [2.75, 3.05) is 18.8 Å². The van der Waals surface area contributed by atoms with Gasteiger partial charge in [-0.1, -0.05) is 19.3 Å². The van der Waals surface area contributed by atoms with Crippen LogP contribution in [0.2, 0.25) is 0 Å². The van der Waals surface area contributed by atoms with Gasteiger partial charge in [0.25, 0.3) is 0 Å². The second kappa shape index (κ2) is 5.57. The predicted molar refractivity (Wildman–Crippen MR) is 69.5 cm³/mol. The van der Waals surface area contributed by atoms with Crippen LogP contribution >= 0.6 is 0 Å². The molecule has 5 nitrogen and oxygen atoms in total. The minimum atomic E-state index is -3.29. The maximum atomic E-state index is 12.4. The van der Waals surface area contributed by atoms with Crippen molar-refractivity contribution in [3.8, 4) is 0 Å². The molecule has 2 fully saturated rings. The van der Waals surface area contributed by atoms with Crippen LogP contribution in [0, 0.1) is 5.92 Å². The fourth-order valence-corrected chi connectivity index (χ4v) is 4.96. The van der Waals surface area contributed by atoms with E-state index in [0.29, 0.717) is 13.1 Å². The molecule has 0 aromatic heterocycles. The highest BCUT2D eigenvalue weighted by Gasteiger charge is 2.35. The van der Waals surface area contributed by atoms with Crippen LogP contribution in [-0.4, -0.2) is 43.5 Å². The summed E-state index contributed by atoms with van der Waals surface area (Å²) in [6, 6.07) is -0.563. The van der Waals surface area contributed by atoms with Gasteiger partial charge >= 0.3 is 0 Å². The Bertz CT molecular complexity index is 402. The Morgan fingerprint density at radius 2 is 1.94 bits per heavy atom. The van der Waals surface area contributed by atoms with E-state index in [1.165, 1.54) is 10.7 Å². The summed E-state index contributed by atoms with van der Waals surface area (Å²) >= 11 is 0. The third kappa shape index (κ3) is 3.03. The van der Waals surface area contributed by atoms with E-state index < -0.39 is 16.1 Å². The van der Waals surface area contributed by atoms with Gasteiger partial charge in [0, 0.05) is 13.1 Å². The first-order chi connectivity index (χ1) is 8.50. The van der Waals surface area contributed by atoms with Crippen molar-refractivity contribution in [3.05, 3.63) is 0 Å². The largest absolute Gasteiger partial charge is 0.353 e. The number of amides is 1. The van der Waals surface area contributed by atoms with Crippen molar-refractivity contribution in [2.24, 2.45) is 5.92 Å². The molecule has 2 aliphatic rings. The summed E-state index contributed by atoms with van der Waals surface area (Å²) in [7, 11) is -3.29. The maximum absolute atomic E-state index is 12.4. The summed E-state index contributed by atoms with van der Waals surface area (Å²) in [5.41, 5.74) is 0. The van der Waals surface area contributed by atoms with Crippen LogP contribution in [-0.2, 0) is 14.8 Å². The molecule has 2 rings (SSSR count). The van der Waals surface area contributed by atoms with E-state index in [4.69, 9.17) is 0 Å². The number of carbonyl (C=O) groups excluding carboxylic acids is 1. The minimum absolute atomic E-state index is 0.187. The minimum Gasteiger partial charge on any atom is -0.353 e. The molecule has 0 aromatic carbocycles. The first kappa shape index (κ1) is 13.8. The summed E-state index contributed by atoms with van der Waals surface area (Å²) in [6.07, 6.45) is 5.51. The Balaban J connectivity index is 2.02. The van der Waals surface area contributed by atoms with Gasteiger partial charge < -0.3 is 5.32 Å². The molecule has 6 heteroatoms. The number of piperazine rings is 1. The molecule has 1 N–H and O–H groups in total. The van der Waals surface area contributed by atoms with E-state index in [2.05, 4.69) is 5.32 Å². The van der Waals surface area contributed by atoms with E-state index in [-0.39, 0.29) is 17.6 Å². The molecule has 1 atom stereocenters. The van der Waals surface area contributed by atoms with E-state index in [0.717, 1.165) is 25.7 Å². The lowest BCUT2D eigenvalue weighted by molar-refractivity contribution is -0.126. The number of sulfonamides is 1. The third-order valence-corrected chi connectivity index (χ3v) is 6.08. The lowest BCUT2D eigenvalue weighted by Gasteiger charge is -2.33. The Morgan fingerprint density at radius 1 is 1.28 bits per heavy atom. The van der Waals surface area contributed by atoms with Crippen LogP contribution in [0.5, 0.6) is 0 Å². The summed E-state index contributed by atoms with van der Waals surface area (Å²) in [5, 5.41) is 2.69. The van der Waals surface area contributed by atoms with Gasteiger partial charge in [0.15, 0.2) is 0 Å². The molecule has 104 valence electrons. The molecule has 0 radical (unpaired) electrons. The Morgan fingerprint density at radius 3 is 2.61 bits per heavy atom. The SMILES string of the molecule is CC1C(=O)NCCN1S(=O)(=O)CC1CCCCC1. The first-order valence-electron chi connectivity index (χ1n) is 6.78. The van der Waals surface area contributed by atoms with Crippen molar-refractivity contribution in [3.63, 3.8) is 0 Å². The van der Waals surface area contributed by atoms with E-state index >= 15 is 0 Å². The van der Waals surface area contributed by atoms with Gasteiger partial charge in [-0.15, -0.1) is 0 Å². The highest BCUT2D eigenvalue weighted by atomic mass is 32.2. The van der Waals surface area contributed by atoms with Gasteiger partial charge in [-0.05, 0) is 25.7 Å². The van der Waals surface area contributed by atoms with Crippen LogP contribution in [0.3, 0.4) is 0 Å². The number of nitrogens with one attached hydrogen (secondary N) is 1. The van der Waals surface area contributed by atoms with Crippen LogP contribution in [0.15, 0.2) is 0 Å². The number of rotatable bonds is 3. The lowest BCUT2D eigenvalue weighted by atomic mass is 9.91. The molecule has 1 aliphatic carbocycles. The quantitative estimate of drug-likeness (QED) is 0.824. The molecular formula is C12H22N2O3S. The molecule has 18 heavy (non-hydrogen) atoms. The fourth-order valence-electron chi connectivity index (χ4n) is 2.89. The highest BCUT2D eigenvalue weighted by Crippen LogP contribution is 2.26. The van der Waals surface area contributed by atoms with Crippen molar-refractivity contribution >= 4 is 15.9 Å². The molecule has 1 saturated heterocycles. The normalized spacial score (nSPS) is 28.1. The predicted octanol–water partition coefficient (Wildman–Crippen LogP) is 0.717. The zero-order valence-electron chi connectivity index (χ0n) is 10.9. The van der Waals surface area contributed by atoms with Crippen molar-refractivity contribution in [2.45, 2.75) is 45.1 Å². The molecule has 1 amide bonds. The fraction of sp³-hybridized carbons (Fsp3) is 0.917. The highest BCUT2D eigenvalue weighted by molar-refractivity contribution is 7.89. The molecule has 1 unspecified atom stereocenters. The second-order valence-corrected chi connectivity index (χ2v) is 7.33. The van der Waals surface area contributed by atoms with Gasteiger partial charge in [0.1, 0.15) is 6.04 Å². The van der Waals surface area contributed by atoms with Crippen LogP contribution in [0.1, 0.15) is 39.0 Å². The van der Waals surface area contributed by atoms with E-state index in [9.17, 15) is 13.2 Å². The number of nitrogens with zero attached hydrogens (tertiary/aromatic N) is 1. The van der Waals surface area contributed by atoms with Crippen LogP contribution in [0.4, 0.5) is 0 Å². The molecule has 0 spiro atoms. The topological polar surface area (TPSA) is 66.5 Å². The van der Waals surface area contributed by atoms with Gasteiger partial charge in [0.2, 0.25) is 15.9 Å². The standard InChI is InChI=1S/C12H22N2O3S/c1-10-12(15)13-7-8-14(10)18(16,17)9-11-5-3-2-4-6-11/h10-11H,2-9H2,1H3,(H,13,15). The molecule has 1 heterocycles. The lowest BCUT2D eigenvalue weighted by Crippen LogP contribution is -2.56. The smallest absolute Gasteiger partial charge is 0.238 e. The second-order valence-electron chi connectivity index (χ2n) is 5.36. The summed E-state index contributed by atoms with van der Waals surface area (Å²) in [4.78, 5) is 11.5.